The van der Waals surface area contributed by atoms with Gasteiger partial charge in [-0.05, 0) is 30.7 Å². The van der Waals surface area contributed by atoms with Crippen LogP contribution in [0.2, 0.25) is 0 Å². The van der Waals surface area contributed by atoms with Crippen LogP contribution in [0.1, 0.15) is 6.42 Å². The molecular formula is C11H8F3NS2. The van der Waals surface area contributed by atoms with Gasteiger partial charge in [0.15, 0.2) is 4.34 Å². The van der Waals surface area contributed by atoms with E-state index >= 15 is 0 Å². The van der Waals surface area contributed by atoms with E-state index in [-0.39, 0.29) is 5.82 Å². The molecule has 0 aliphatic carbocycles. The molecule has 0 unspecified atom stereocenters. The van der Waals surface area contributed by atoms with E-state index < -0.39 is 6.08 Å². The molecule has 17 heavy (non-hydrogen) atoms. The molecule has 0 fully saturated rings. The summed E-state index contributed by atoms with van der Waals surface area (Å²) >= 11 is 2.77. The Labute approximate surface area is 104 Å². The Balaban J connectivity index is 2.02. The fraction of sp³-hybridized carbons (Fsp3) is 0.182. The molecule has 0 bridgehead atoms. The van der Waals surface area contributed by atoms with E-state index in [1.807, 2.05) is 0 Å². The minimum atomic E-state index is -1.66. The number of nitrogens with zero attached hydrogens (tertiary/aromatic N) is 1. The third-order valence-electron chi connectivity index (χ3n) is 1.97. The number of rotatable bonds is 4. The average Bonchev–Trinajstić information content (AvgIpc) is 2.66. The van der Waals surface area contributed by atoms with Crippen molar-refractivity contribution in [2.45, 2.75) is 10.8 Å². The van der Waals surface area contributed by atoms with E-state index in [4.69, 9.17) is 0 Å². The first-order valence-electron chi connectivity index (χ1n) is 4.85. The van der Waals surface area contributed by atoms with Crippen LogP contribution in [-0.2, 0) is 0 Å². The van der Waals surface area contributed by atoms with Crippen LogP contribution in [0.15, 0.2) is 34.7 Å². The summed E-state index contributed by atoms with van der Waals surface area (Å²) in [6, 6.07) is 4.41. The number of allylic oxidation sites excluding steroid dienone is 1. The van der Waals surface area contributed by atoms with Crippen LogP contribution >= 0.6 is 23.1 Å². The minimum absolute atomic E-state index is 0.292. The number of thiazole rings is 1. The molecule has 90 valence electrons. The third kappa shape index (κ3) is 3.47. The Morgan fingerprint density at radius 2 is 2.24 bits per heavy atom. The second-order valence-corrected chi connectivity index (χ2v) is 5.60. The fourth-order valence-corrected chi connectivity index (χ4v) is 3.30. The molecule has 0 aliphatic rings. The van der Waals surface area contributed by atoms with Gasteiger partial charge in [0.2, 0.25) is 0 Å². The van der Waals surface area contributed by atoms with Gasteiger partial charge in [0.05, 0.1) is 10.2 Å². The summed E-state index contributed by atoms with van der Waals surface area (Å²) in [7, 11) is 0. The van der Waals surface area contributed by atoms with Crippen LogP contribution in [0.3, 0.4) is 0 Å². The van der Waals surface area contributed by atoms with Gasteiger partial charge in [0, 0.05) is 5.75 Å². The van der Waals surface area contributed by atoms with Crippen molar-refractivity contribution in [2.24, 2.45) is 0 Å². The predicted molar refractivity (Wildman–Crippen MR) is 65.2 cm³/mol. The van der Waals surface area contributed by atoms with Crippen LogP contribution in [0.5, 0.6) is 0 Å². The number of benzene rings is 1. The first kappa shape index (κ1) is 12.4. The van der Waals surface area contributed by atoms with Crippen molar-refractivity contribution in [3.63, 3.8) is 0 Å². The SMILES string of the molecule is FC(F)=CCCSc1nc2ccc(F)cc2s1. The van der Waals surface area contributed by atoms with Crippen molar-refractivity contribution >= 4 is 33.3 Å². The van der Waals surface area contributed by atoms with E-state index in [2.05, 4.69) is 4.98 Å². The molecule has 1 heterocycles. The highest BCUT2D eigenvalue weighted by atomic mass is 32.2. The van der Waals surface area contributed by atoms with Gasteiger partial charge in [-0.3, -0.25) is 0 Å². The van der Waals surface area contributed by atoms with Gasteiger partial charge in [-0.1, -0.05) is 11.8 Å². The Morgan fingerprint density at radius 1 is 1.41 bits per heavy atom. The number of fused-ring (bicyclic) bond motifs is 1. The van der Waals surface area contributed by atoms with E-state index in [0.29, 0.717) is 12.2 Å². The lowest BCUT2D eigenvalue weighted by Gasteiger charge is -1.91. The smallest absolute Gasteiger partial charge is 0.230 e. The Morgan fingerprint density at radius 3 is 3.00 bits per heavy atom. The maximum atomic E-state index is 12.9. The van der Waals surface area contributed by atoms with Gasteiger partial charge in [0.25, 0.3) is 6.08 Å². The number of halogens is 3. The molecule has 6 heteroatoms. The molecule has 0 atom stereocenters. The largest absolute Gasteiger partial charge is 0.266 e. The standard InChI is InChI=1S/C11H8F3NS2/c12-7-3-4-8-9(6-7)17-11(15-8)16-5-1-2-10(13)14/h2-4,6H,1,5H2. The van der Waals surface area contributed by atoms with E-state index in [9.17, 15) is 13.2 Å². The van der Waals surface area contributed by atoms with Crippen LogP contribution in [0.25, 0.3) is 10.2 Å². The summed E-state index contributed by atoms with van der Waals surface area (Å²) in [6.45, 7) is 0. The molecule has 2 aromatic rings. The van der Waals surface area contributed by atoms with Crippen LogP contribution in [0.4, 0.5) is 13.2 Å². The van der Waals surface area contributed by atoms with Gasteiger partial charge in [0.1, 0.15) is 5.82 Å². The van der Waals surface area contributed by atoms with Crippen LogP contribution in [0, 0.1) is 5.82 Å². The van der Waals surface area contributed by atoms with Gasteiger partial charge in [-0.15, -0.1) is 11.3 Å². The molecule has 0 saturated carbocycles. The molecular weight excluding hydrogens is 267 g/mol. The van der Waals surface area contributed by atoms with Crippen molar-refractivity contribution < 1.29 is 13.2 Å². The molecule has 0 N–H and O–H groups in total. The molecule has 0 amide bonds. The molecule has 1 aromatic carbocycles. The molecule has 0 radical (unpaired) electrons. The highest BCUT2D eigenvalue weighted by molar-refractivity contribution is 8.01. The predicted octanol–water partition coefficient (Wildman–Crippen LogP) is 4.70. The molecule has 0 aliphatic heterocycles. The Hall–Kier alpha value is -1.01. The normalized spacial score (nSPS) is 10.8. The number of aromatic nitrogens is 1. The zero-order valence-electron chi connectivity index (χ0n) is 8.62. The van der Waals surface area contributed by atoms with Crippen molar-refractivity contribution in [1.82, 2.24) is 4.98 Å². The molecule has 1 nitrogen and oxygen atoms in total. The average molecular weight is 275 g/mol. The molecule has 2 rings (SSSR count). The topological polar surface area (TPSA) is 12.9 Å². The molecule has 0 spiro atoms. The lowest BCUT2D eigenvalue weighted by Crippen LogP contribution is -1.76. The fourth-order valence-electron chi connectivity index (χ4n) is 1.25. The summed E-state index contributed by atoms with van der Waals surface area (Å²) in [5.74, 6) is 0.250. The summed E-state index contributed by atoms with van der Waals surface area (Å²) in [4.78, 5) is 4.28. The summed E-state index contributed by atoms with van der Waals surface area (Å²) in [5.41, 5.74) is 0.742. The lowest BCUT2D eigenvalue weighted by molar-refractivity contribution is 0.418. The van der Waals surface area contributed by atoms with Crippen LogP contribution < -0.4 is 0 Å². The van der Waals surface area contributed by atoms with E-state index in [1.165, 1.54) is 35.2 Å². The first-order valence-corrected chi connectivity index (χ1v) is 6.65. The number of thioether (sulfide) groups is 1. The van der Waals surface area contributed by atoms with Gasteiger partial charge >= 0.3 is 0 Å². The Bertz CT molecular complexity index is 547. The second kappa shape index (κ2) is 5.55. The quantitative estimate of drug-likeness (QED) is 0.592. The zero-order valence-corrected chi connectivity index (χ0v) is 10.3. The van der Waals surface area contributed by atoms with Crippen molar-refractivity contribution in [3.05, 3.63) is 36.2 Å². The zero-order chi connectivity index (χ0) is 12.3. The van der Waals surface area contributed by atoms with Crippen LogP contribution in [-0.4, -0.2) is 10.7 Å². The van der Waals surface area contributed by atoms with Crippen molar-refractivity contribution in [1.29, 1.82) is 0 Å². The first-order chi connectivity index (χ1) is 8.15. The number of hydrogen-bond acceptors (Lipinski definition) is 3. The second-order valence-electron chi connectivity index (χ2n) is 3.22. The van der Waals surface area contributed by atoms with E-state index in [1.54, 1.807) is 6.07 Å². The van der Waals surface area contributed by atoms with Gasteiger partial charge in [-0.2, -0.15) is 8.78 Å². The lowest BCUT2D eigenvalue weighted by atomic mass is 10.3. The van der Waals surface area contributed by atoms with E-state index in [0.717, 1.165) is 20.6 Å². The third-order valence-corrected chi connectivity index (χ3v) is 4.17. The molecule has 1 aromatic heterocycles. The highest BCUT2D eigenvalue weighted by Gasteiger charge is 2.04. The van der Waals surface area contributed by atoms with Gasteiger partial charge < -0.3 is 0 Å². The van der Waals surface area contributed by atoms with Gasteiger partial charge in [-0.25, -0.2) is 9.37 Å². The van der Waals surface area contributed by atoms with Crippen molar-refractivity contribution in [2.75, 3.05) is 5.75 Å². The summed E-state index contributed by atoms with van der Waals surface area (Å²) < 4.78 is 38.0. The Kier molecular flexibility index (Phi) is 4.06. The maximum absolute atomic E-state index is 12.9. The summed E-state index contributed by atoms with van der Waals surface area (Å²) in [5, 5.41) is 0. The highest BCUT2D eigenvalue weighted by Crippen LogP contribution is 2.30. The minimum Gasteiger partial charge on any atom is -0.230 e. The summed E-state index contributed by atoms with van der Waals surface area (Å²) in [6.07, 6.45) is -0.464. The molecule has 0 saturated heterocycles. The monoisotopic (exact) mass is 275 g/mol. The van der Waals surface area contributed by atoms with Crippen molar-refractivity contribution in [3.8, 4) is 0 Å². The maximum Gasteiger partial charge on any atom is 0.266 e. The number of hydrogen-bond donors (Lipinski definition) is 0.